The van der Waals surface area contributed by atoms with Crippen LogP contribution in [0.3, 0.4) is 0 Å². The molecule has 1 aliphatic carbocycles. The van der Waals surface area contributed by atoms with Gasteiger partial charge in [-0.05, 0) is 18.8 Å². The third-order valence-electron chi connectivity index (χ3n) is 2.29. The van der Waals surface area contributed by atoms with Gasteiger partial charge in [-0.15, -0.1) is 0 Å². The van der Waals surface area contributed by atoms with Crippen molar-refractivity contribution < 1.29 is 9.09 Å². The number of hydrogen-bond donors (Lipinski definition) is 0. The molecule has 12 heavy (non-hydrogen) atoms. The van der Waals surface area contributed by atoms with Crippen molar-refractivity contribution >= 4 is 7.37 Å². The fourth-order valence-electron chi connectivity index (χ4n) is 1.83. The fraction of sp³-hybridized carbons (Fsp3) is 1.00. The van der Waals surface area contributed by atoms with Crippen molar-refractivity contribution in [2.75, 3.05) is 13.3 Å². The quantitative estimate of drug-likeness (QED) is 0.625. The first kappa shape index (κ1) is 10.3. The summed E-state index contributed by atoms with van der Waals surface area (Å²) in [7, 11) is -2.26. The molecule has 0 amide bonds. The van der Waals surface area contributed by atoms with Crippen LogP contribution >= 0.6 is 7.37 Å². The lowest BCUT2D eigenvalue weighted by atomic mass is 9.89. The van der Waals surface area contributed by atoms with Gasteiger partial charge < -0.3 is 4.52 Å². The van der Waals surface area contributed by atoms with Gasteiger partial charge in [0.25, 0.3) is 0 Å². The van der Waals surface area contributed by atoms with Gasteiger partial charge in [0.1, 0.15) is 0 Å². The Balaban J connectivity index is 2.37. The lowest BCUT2D eigenvalue weighted by molar-refractivity contribution is 0.134. The highest BCUT2D eigenvalue weighted by Gasteiger charge is 2.23. The van der Waals surface area contributed by atoms with Crippen LogP contribution in [0.25, 0.3) is 0 Å². The highest BCUT2D eigenvalue weighted by atomic mass is 31.2. The molecule has 0 aromatic rings. The van der Waals surface area contributed by atoms with Crippen LogP contribution in [0.5, 0.6) is 0 Å². The van der Waals surface area contributed by atoms with E-state index in [0.29, 0.717) is 0 Å². The summed E-state index contributed by atoms with van der Waals surface area (Å²) >= 11 is 0. The molecule has 1 fully saturated rings. The van der Waals surface area contributed by atoms with E-state index in [-0.39, 0.29) is 6.10 Å². The summed E-state index contributed by atoms with van der Waals surface area (Å²) in [5.74, 6) is 0.746. The molecule has 72 valence electrons. The first-order chi connectivity index (χ1) is 5.47. The van der Waals surface area contributed by atoms with Gasteiger partial charge in [0.15, 0.2) is 7.37 Å². The van der Waals surface area contributed by atoms with Crippen LogP contribution in [-0.4, -0.2) is 19.4 Å². The fourth-order valence-corrected chi connectivity index (χ4v) is 2.74. The van der Waals surface area contributed by atoms with Crippen LogP contribution in [0.1, 0.15) is 32.6 Å². The van der Waals surface area contributed by atoms with Crippen molar-refractivity contribution in [2.45, 2.75) is 38.7 Å². The van der Waals surface area contributed by atoms with Gasteiger partial charge in [-0.1, -0.05) is 19.8 Å². The van der Waals surface area contributed by atoms with Crippen LogP contribution in [0, 0.1) is 5.92 Å². The molecular weight excluding hydrogens is 171 g/mol. The normalized spacial score (nSPS) is 31.9. The Morgan fingerprint density at radius 1 is 1.33 bits per heavy atom. The topological polar surface area (TPSA) is 26.3 Å². The van der Waals surface area contributed by atoms with Gasteiger partial charge >= 0.3 is 0 Å². The Morgan fingerprint density at radius 3 is 2.50 bits per heavy atom. The average molecular weight is 190 g/mol. The first-order valence-electron chi connectivity index (χ1n) is 4.71. The van der Waals surface area contributed by atoms with Gasteiger partial charge in [0.2, 0.25) is 0 Å². The molecule has 0 saturated heterocycles. The molecule has 2 unspecified atom stereocenters. The van der Waals surface area contributed by atoms with Crippen LogP contribution in [-0.2, 0) is 9.09 Å². The van der Waals surface area contributed by atoms with Gasteiger partial charge in [0.05, 0.1) is 6.10 Å². The summed E-state index contributed by atoms with van der Waals surface area (Å²) in [6.07, 6.45) is 4.97. The summed E-state index contributed by atoms with van der Waals surface area (Å²) in [6, 6.07) is 0. The van der Waals surface area contributed by atoms with Crippen LogP contribution in [0.4, 0.5) is 0 Å². The molecule has 0 aliphatic heterocycles. The van der Waals surface area contributed by atoms with E-state index >= 15 is 0 Å². The molecule has 1 rings (SSSR count). The minimum absolute atomic E-state index is 0.259. The molecule has 2 atom stereocenters. The van der Waals surface area contributed by atoms with E-state index in [1.54, 1.807) is 13.3 Å². The third-order valence-corrected chi connectivity index (χ3v) is 3.10. The predicted molar refractivity (Wildman–Crippen MR) is 52.0 cm³/mol. The van der Waals surface area contributed by atoms with E-state index in [2.05, 4.69) is 6.92 Å². The lowest BCUT2D eigenvalue weighted by Gasteiger charge is -2.27. The highest BCUT2D eigenvalue weighted by molar-refractivity contribution is 7.57. The van der Waals surface area contributed by atoms with Crippen LogP contribution in [0.15, 0.2) is 0 Å². The van der Waals surface area contributed by atoms with Crippen molar-refractivity contribution in [3.8, 4) is 0 Å². The van der Waals surface area contributed by atoms with Crippen molar-refractivity contribution in [1.29, 1.82) is 0 Å². The largest absolute Gasteiger partial charge is 0.325 e. The lowest BCUT2D eigenvalue weighted by Crippen LogP contribution is -2.20. The monoisotopic (exact) mass is 190 g/mol. The van der Waals surface area contributed by atoms with Crippen molar-refractivity contribution in [2.24, 2.45) is 5.92 Å². The minimum atomic E-state index is -2.26. The van der Waals surface area contributed by atoms with Crippen molar-refractivity contribution in [1.82, 2.24) is 0 Å². The Kier molecular flexibility index (Phi) is 3.37. The molecule has 2 nitrogen and oxygen atoms in total. The average Bonchev–Trinajstić information content (AvgIpc) is 1.82. The summed E-state index contributed by atoms with van der Waals surface area (Å²) in [4.78, 5) is 0. The molecule has 0 radical (unpaired) electrons. The molecule has 1 saturated carbocycles. The zero-order chi connectivity index (χ0) is 9.19. The second-order valence-electron chi connectivity index (χ2n) is 4.25. The van der Waals surface area contributed by atoms with E-state index in [1.807, 2.05) is 0 Å². The zero-order valence-electron chi connectivity index (χ0n) is 8.25. The smallest absolute Gasteiger partial charge is 0.197 e. The van der Waals surface area contributed by atoms with Gasteiger partial charge in [-0.25, -0.2) is 0 Å². The SMILES string of the molecule is CC1CCCC(OP(C)(C)=O)C1. The molecule has 0 N–H and O–H groups in total. The molecule has 1 aliphatic rings. The van der Waals surface area contributed by atoms with E-state index in [0.717, 1.165) is 18.8 Å². The second kappa shape index (κ2) is 3.93. The Labute approximate surface area is 75.1 Å². The van der Waals surface area contributed by atoms with Crippen LogP contribution < -0.4 is 0 Å². The highest BCUT2D eigenvalue weighted by Crippen LogP contribution is 2.42. The molecule has 0 heterocycles. The molecule has 0 bridgehead atoms. The van der Waals surface area contributed by atoms with Gasteiger partial charge in [-0.2, -0.15) is 0 Å². The van der Waals surface area contributed by atoms with E-state index in [1.165, 1.54) is 12.8 Å². The Bertz CT molecular complexity index is 185. The molecule has 0 spiro atoms. The Morgan fingerprint density at radius 2 is 2.00 bits per heavy atom. The van der Waals surface area contributed by atoms with Crippen molar-refractivity contribution in [3.05, 3.63) is 0 Å². The molecular formula is C9H19O2P. The standard InChI is InChI=1S/C9H19O2P/c1-8-5-4-6-9(7-8)11-12(2,3)10/h8-9H,4-7H2,1-3H3. The van der Waals surface area contributed by atoms with E-state index < -0.39 is 7.37 Å². The maximum atomic E-state index is 11.4. The number of hydrogen-bond acceptors (Lipinski definition) is 2. The summed E-state index contributed by atoms with van der Waals surface area (Å²) in [5.41, 5.74) is 0. The maximum Gasteiger partial charge on any atom is 0.197 e. The second-order valence-corrected chi connectivity index (χ2v) is 6.97. The van der Waals surface area contributed by atoms with Gasteiger partial charge in [-0.3, -0.25) is 4.57 Å². The van der Waals surface area contributed by atoms with Crippen LogP contribution in [0.2, 0.25) is 0 Å². The molecule has 3 heteroatoms. The maximum absolute atomic E-state index is 11.4. The van der Waals surface area contributed by atoms with Gasteiger partial charge in [0, 0.05) is 13.3 Å². The Hall–Kier alpha value is 0.190. The summed E-state index contributed by atoms with van der Waals surface area (Å²) in [5, 5.41) is 0. The molecule has 0 aromatic heterocycles. The third kappa shape index (κ3) is 3.73. The first-order valence-corrected chi connectivity index (χ1v) is 7.22. The van der Waals surface area contributed by atoms with E-state index in [4.69, 9.17) is 4.52 Å². The van der Waals surface area contributed by atoms with Crippen molar-refractivity contribution in [3.63, 3.8) is 0 Å². The molecule has 0 aromatic carbocycles. The predicted octanol–water partition coefficient (Wildman–Crippen LogP) is 3.12. The summed E-state index contributed by atoms with van der Waals surface area (Å²) in [6.45, 7) is 5.64. The minimum Gasteiger partial charge on any atom is -0.325 e. The van der Waals surface area contributed by atoms with E-state index in [9.17, 15) is 4.57 Å². The summed E-state index contributed by atoms with van der Waals surface area (Å²) < 4.78 is 16.9. The zero-order valence-corrected chi connectivity index (χ0v) is 9.14. The number of rotatable bonds is 2.